The number of hydrogen-bond donors (Lipinski definition) is 4. The molecule has 1 aliphatic rings. The second-order valence-electron chi connectivity index (χ2n) is 16.8. The second-order valence-corrected chi connectivity index (χ2v) is 16.8. The number of aliphatic hydroxyl groups is 3. The quantitative estimate of drug-likeness (QED) is 0.0470. The van der Waals surface area contributed by atoms with Crippen LogP contribution in [0.25, 0.3) is 0 Å². The van der Waals surface area contributed by atoms with Crippen molar-refractivity contribution in [3.63, 3.8) is 0 Å². The third kappa shape index (κ3) is 26.1. The lowest BCUT2D eigenvalue weighted by atomic mass is 9.98. The first kappa shape index (κ1) is 49.3. The monoisotopic (exact) mass is 740 g/mol. The number of rotatable bonds is 38. The van der Waals surface area contributed by atoms with E-state index in [1.165, 1.54) is 167 Å². The molecule has 0 bridgehead atoms. The minimum atomic E-state index is -1.24. The zero-order valence-electron chi connectivity index (χ0n) is 35.0. The molecule has 1 aliphatic heterocycles. The summed E-state index contributed by atoms with van der Waals surface area (Å²) in [5.41, 5.74) is 0. The van der Waals surface area contributed by atoms with Crippen molar-refractivity contribution >= 4 is 5.91 Å². The molecular formula is C45H89NO6. The molecule has 0 unspecified atom stereocenters. The number of carbonyl (C=O) groups excluding carboxylic acids is 1. The minimum absolute atomic E-state index is 0.372. The maximum atomic E-state index is 13.3. The lowest BCUT2D eigenvalue weighted by Gasteiger charge is -2.28. The van der Waals surface area contributed by atoms with Crippen LogP contribution in [0.15, 0.2) is 0 Å². The number of nitrogens with one attached hydrogen (secondary N) is 1. The van der Waals surface area contributed by atoms with Crippen molar-refractivity contribution < 1.29 is 29.6 Å². The Morgan fingerprint density at radius 1 is 0.558 bits per heavy atom. The number of carbonyl (C=O) groups is 1. The fourth-order valence-electron chi connectivity index (χ4n) is 7.83. The van der Waals surface area contributed by atoms with Crippen LogP contribution in [0.4, 0.5) is 0 Å². The zero-order chi connectivity index (χ0) is 38.1. The van der Waals surface area contributed by atoms with E-state index in [1.54, 1.807) is 0 Å². The predicted molar refractivity (Wildman–Crippen MR) is 219 cm³/mol. The normalized spacial score (nSPS) is 18.8. The summed E-state index contributed by atoms with van der Waals surface area (Å²) < 4.78 is 12.1. The van der Waals surface area contributed by atoms with E-state index >= 15 is 0 Å². The number of unbranched alkanes of at least 4 members (excludes halogenated alkanes) is 29. The third-order valence-electron chi connectivity index (χ3n) is 11.2. The average Bonchev–Trinajstić information content (AvgIpc) is 3.45. The van der Waals surface area contributed by atoms with Crippen LogP contribution in [0.5, 0.6) is 0 Å². The molecule has 1 saturated heterocycles. The van der Waals surface area contributed by atoms with Gasteiger partial charge < -0.3 is 30.1 Å². The molecule has 0 aromatic carbocycles. The SMILES string of the molecule is CCCCCCCCCCCCCCCCCC[C@@H](O)[C@@H](O)[C@H](CO)NC(=O)[C@@H]1OC(C)(C)O[C@@H]1CCCCCCCCCCCCCCCCC. The number of amides is 1. The van der Waals surface area contributed by atoms with Crippen molar-refractivity contribution in [3.8, 4) is 0 Å². The topological polar surface area (TPSA) is 108 Å². The molecule has 1 amide bonds. The van der Waals surface area contributed by atoms with Gasteiger partial charge in [0.05, 0.1) is 24.9 Å². The summed E-state index contributed by atoms with van der Waals surface area (Å²) in [6.07, 6.45) is 37.9. The van der Waals surface area contributed by atoms with Crippen LogP contribution in [0.3, 0.4) is 0 Å². The Hall–Kier alpha value is -0.730. The van der Waals surface area contributed by atoms with E-state index in [4.69, 9.17) is 9.47 Å². The van der Waals surface area contributed by atoms with Gasteiger partial charge in [0.15, 0.2) is 11.9 Å². The van der Waals surface area contributed by atoms with Crippen molar-refractivity contribution in [2.45, 2.75) is 276 Å². The van der Waals surface area contributed by atoms with Crippen LogP contribution in [0.1, 0.15) is 240 Å². The van der Waals surface area contributed by atoms with E-state index < -0.39 is 42.7 Å². The van der Waals surface area contributed by atoms with Gasteiger partial charge in [0.2, 0.25) is 0 Å². The summed E-state index contributed by atoms with van der Waals surface area (Å²) in [5, 5.41) is 34.3. The van der Waals surface area contributed by atoms with E-state index in [0.717, 1.165) is 38.5 Å². The highest BCUT2D eigenvalue weighted by atomic mass is 16.8. The first-order valence-electron chi connectivity index (χ1n) is 22.9. The molecular weight excluding hydrogens is 650 g/mol. The standard InChI is InChI=1S/C45H89NO6/c1-5-7-9-11-13-15-17-19-21-23-24-26-28-30-32-34-36-40(48)42(49)39(38-47)46-44(50)43-41(51-45(3,4)52-43)37-35-33-31-29-27-25-22-20-18-16-14-12-10-8-6-2/h39-43,47-49H,5-38H2,1-4H3,(H,46,50)/t39-,40+,41+,42-,43+/m0/s1. The molecule has 0 aromatic heterocycles. The van der Waals surface area contributed by atoms with Crippen molar-refractivity contribution in [1.29, 1.82) is 0 Å². The molecule has 1 rings (SSSR count). The van der Waals surface area contributed by atoms with Gasteiger partial charge in [0.1, 0.15) is 6.10 Å². The third-order valence-corrected chi connectivity index (χ3v) is 11.2. The first-order valence-corrected chi connectivity index (χ1v) is 22.9. The summed E-state index contributed by atoms with van der Waals surface area (Å²) in [5.74, 6) is -1.27. The van der Waals surface area contributed by atoms with Crippen LogP contribution in [-0.2, 0) is 14.3 Å². The van der Waals surface area contributed by atoms with Crippen LogP contribution < -0.4 is 5.32 Å². The number of ether oxygens (including phenoxy) is 2. The molecule has 7 heteroatoms. The van der Waals surface area contributed by atoms with Gasteiger partial charge in [-0.1, -0.05) is 213 Å². The molecule has 52 heavy (non-hydrogen) atoms. The number of aliphatic hydroxyl groups excluding tert-OH is 3. The molecule has 1 fully saturated rings. The Morgan fingerprint density at radius 2 is 0.904 bits per heavy atom. The predicted octanol–water partition coefficient (Wildman–Crippen LogP) is 11.6. The van der Waals surface area contributed by atoms with Crippen molar-refractivity contribution in [1.82, 2.24) is 5.32 Å². The Morgan fingerprint density at radius 3 is 1.27 bits per heavy atom. The fourth-order valence-corrected chi connectivity index (χ4v) is 7.83. The molecule has 7 nitrogen and oxygen atoms in total. The molecule has 0 saturated carbocycles. The average molecular weight is 740 g/mol. The molecule has 4 N–H and O–H groups in total. The fraction of sp³-hybridized carbons (Fsp3) is 0.978. The molecule has 0 radical (unpaired) electrons. The Balaban J connectivity index is 2.17. The molecule has 310 valence electrons. The summed E-state index contributed by atoms with van der Waals surface area (Å²) in [6, 6.07) is -0.956. The lowest BCUT2D eigenvalue weighted by Crippen LogP contribution is -2.54. The Kier molecular flexibility index (Phi) is 31.8. The zero-order valence-corrected chi connectivity index (χ0v) is 35.0. The van der Waals surface area contributed by atoms with Crippen molar-refractivity contribution in [2.24, 2.45) is 0 Å². The molecule has 0 aliphatic carbocycles. The summed E-state index contributed by atoms with van der Waals surface area (Å²) in [7, 11) is 0. The lowest BCUT2D eigenvalue weighted by molar-refractivity contribution is -0.157. The van der Waals surface area contributed by atoms with Gasteiger partial charge in [0, 0.05) is 0 Å². The highest BCUT2D eigenvalue weighted by Crippen LogP contribution is 2.31. The Bertz CT molecular complexity index is 794. The highest BCUT2D eigenvalue weighted by Gasteiger charge is 2.45. The molecule has 0 spiro atoms. The van der Waals surface area contributed by atoms with Gasteiger partial charge in [-0.3, -0.25) is 4.79 Å². The molecule has 5 atom stereocenters. The van der Waals surface area contributed by atoms with Gasteiger partial charge in [-0.25, -0.2) is 0 Å². The van der Waals surface area contributed by atoms with E-state index in [9.17, 15) is 20.1 Å². The number of hydrogen-bond acceptors (Lipinski definition) is 6. The molecule has 1 heterocycles. The van der Waals surface area contributed by atoms with E-state index in [-0.39, 0.29) is 6.10 Å². The van der Waals surface area contributed by atoms with Crippen LogP contribution in [-0.4, -0.2) is 64.1 Å². The second kappa shape index (κ2) is 33.6. The minimum Gasteiger partial charge on any atom is -0.394 e. The van der Waals surface area contributed by atoms with E-state index in [1.807, 2.05) is 13.8 Å². The largest absolute Gasteiger partial charge is 0.394 e. The van der Waals surface area contributed by atoms with E-state index in [2.05, 4.69) is 19.2 Å². The first-order chi connectivity index (χ1) is 25.3. The highest BCUT2D eigenvalue weighted by molar-refractivity contribution is 5.82. The molecule has 0 aromatic rings. The smallest absolute Gasteiger partial charge is 0.252 e. The van der Waals surface area contributed by atoms with Crippen LogP contribution in [0.2, 0.25) is 0 Å². The Labute approximate surface area is 322 Å². The maximum Gasteiger partial charge on any atom is 0.252 e. The summed E-state index contributed by atoms with van der Waals surface area (Å²) in [4.78, 5) is 13.3. The van der Waals surface area contributed by atoms with Crippen LogP contribution in [0, 0.1) is 0 Å². The van der Waals surface area contributed by atoms with E-state index in [0.29, 0.717) is 6.42 Å². The van der Waals surface area contributed by atoms with Crippen molar-refractivity contribution in [3.05, 3.63) is 0 Å². The van der Waals surface area contributed by atoms with Gasteiger partial charge in [-0.2, -0.15) is 0 Å². The maximum absolute atomic E-state index is 13.3. The van der Waals surface area contributed by atoms with Gasteiger partial charge in [-0.15, -0.1) is 0 Å². The summed E-state index contributed by atoms with van der Waals surface area (Å²) in [6.45, 7) is 7.73. The summed E-state index contributed by atoms with van der Waals surface area (Å²) >= 11 is 0. The van der Waals surface area contributed by atoms with Gasteiger partial charge in [-0.05, 0) is 26.7 Å². The van der Waals surface area contributed by atoms with Gasteiger partial charge in [0.25, 0.3) is 5.91 Å². The van der Waals surface area contributed by atoms with Gasteiger partial charge >= 0.3 is 0 Å². The van der Waals surface area contributed by atoms with Crippen LogP contribution >= 0.6 is 0 Å². The van der Waals surface area contributed by atoms with Crippen molar-refractivity contribution in [2.75, 3.05) is 6.61 Å².